The third-order valence-corrected chi connectivity index (χ3v) is 3.35. The second kappa shape index (κ2) is 4.71. The minimum absolute atomic E-state index is 0.158. The molecule has 0 bridgehead atoms. The van der Waals surface area contributed by atoms with Gasteiger partial charge in [0.05, 0.1) is 23.9 Å². The van der Waals surface area contributed by atoms with E-state index in [1.165, 1.54) is 0 Å². The van der Waals surface area contributed by atoms with Crippen LogP contribution in [0.1, 0.15) is 11.1 Å². The average Bonchev–Trinajstić information content (AvgIpc) is 2.86. The summed E-state index contributed by atoms with van der Waals surface area (Å²) < 4.78 is 15.9. The number of nitriles is 1. The van der Waals surface area contributed by atoms with Crippen LogP contribution in [-0.4, -0.2) is 4.57 Å². The van der Waals surface area contributed by atoms with Crippen LogP contribution in [0.25, 0.3) is 10.9 Å². The minimum Gasteiger partial charge on any atom is -0.396 e. The van der Waals surface area contributed by atoms with Gasteiger partial charge in [0.25, 0.3) is 0 Å². The molecule has 3 aromatic rings. The van der Waals surface area contributed by atoms with Gasteiger partial charge in [-0.2, -0.15) is 5.26 Å². The lowest BCUT2D eigenvalue weighted by Gasteiger charge is -2.08. The number of nitrogens with zero attached hydrogens (tertiary/aromatic N) is 2. The summed E-state index contributed by atoms with van der Waals surface area (Å²) in [6.07, 6.45) is 1.88. The number of anilines is 1. The number of rotatable bonds is 2. The monoisotopic (exact) mass is 265 g/mol. The van der Waals surface area contributed by atoms with Crippen LogP contribution in [0.5, 0.6) is 0 Å². The lowest BCUT2D eigenvalue weighted by molar-refractivity contribution is 0.606. The second-order valence-corrected chi connectivity index (χ2v) is 4.65. The molecule has 98 valence electrons. The molecule has 0 amide bonds. The summed E-state index contributed by atoms with van der Waals surface area (Å²) in [7, 11) is 0. The Kier molecular flexibility index (Phi) is 2.88. The van der Waals surface area contributed by atoms with Crippen LogP contribution in [0.3, 0.4) is 0 Å². The zero-order valence-corrected chi connectivity index (χ0v) is 10.7. The van der Waals surface area contributed by atoms with Crippen LogP contribution in [0.4, 0.5) is 10.1 Å². The Labute approximate surface area is 115 Å². The van der Waals surface area contributed by atoms with Crippen LogP contribution < -0.4 is 5.73 Å². The molecule has 0 unspecified atom stereocenters. The van der Waals surface area contributed by atoms with Gasteiger partial charge in [0.1, 0.15) is 0 Å². The van der Waals surface area contributed by atoms with Crippen molar-refractivity contribution in [1.29, 1.82) is 5.26 Å². The van der Waals surface area contributed by atoms with E-state index in [-0.39, 0.29) is 11.5 Å². The Morgan fingerprint density at radius 2 is 2.05 bits per heavy atom. The van der Waals surface area contributed by atoms with Gasteiger partial charge in [0.2, 0.25) is 0 Å². The van der Waals surface area contributed by atoms with E-state index in [9.17, 15) is 4.39 Å². The third-order valence-electron chi connectivity index (χ3n) is 3.35. The molecule has 4 heteroatoms. The van der Waals surface area contributed by atoms with Gasteiger partial charge in [-0.1, -0.05) is 12.1 Å². The van der Waals surface area contributed by atoms with Crippen molar-refractivity contribution in [1.82, 2.24) is 4.57 Å². The van der Waals surface area contributed by atoms with Crippen molar-refractivity contribution in [3.8, 4) is 6.07 Å². The van der Waals surface area contributed by atoms with Crippen LogP contribution in [0.15, 0.2) is 48.7 Å². The Bertz CT molecular complexity index is 827. The van der Waals surface area contributed by atoms with E-state index in [4.69, 9.17) is 11.0 Å². The van der Waals surface area contributed by atoms with Crippen molar-refractivity contribution in [3.05, 3.63) is 65.6 Å². The first kappa shape index (κ1) is 12.2. The SMILES string of the molecule is N#Cc1ccc2c(ccn2Cc2cccc(N)c2F)c1. The molecule has 0 atom stereocenters. The fraction of sp³-hybridized carbons (Fsp3) is 0.0625. The van der Waals surface area contributed by atoms with Crippen LogP contribution in [-0.2, 0) is 6.54 Å². The number of benzene rings is 2. The van der Waals surface area contributed by atoms with E-state index < -0.39 is 0 Å². The van der Waals surface area contributed by atoms with Gasteiger partial charge in [-0.05, 0) is 30.3 Å². The zero-order chi connectivity index (χ0) is 14.1. The zero-order valence-electron chi connectivity index (χ0n) is 10.7. The molecule has 0 aliphatic heterocycles. The van der Waals surface area contributed by atoms with Crippen molar-refractivity contribution in [2.45, 2.75) is 6.54 Å². The van der Waals surface area contributed by atoms with Gasteiger partial charge in [-0.25, -0.2) is 4.39 Å². The molecule has 0 aliphatic carbocycles. The van der Waals surface area contributed by atoms with Gasteiger partial charge < -0.3 is 10.3 Å². The van der Waals surface area contributed by atoms with Gasteiger partial charge in [0, 0.05) is 22.7 Å². The summed E-state index contributed by atoms with van der Waals surface area (Å²) in [4.78, 5) is 0. The summed E-state index contributed by atoms with van der Waals surface area (Å²) in [5.41, 5.74) is 7.87. The number of aromatic nitrogens is 1. The first-order chi connectivity index (χ1) is 9.69. The summed E-state index contributed by atoms with van der Waals surface area (Å²) >= 11 is 0. The molecule has 1 heterocycles. The lowest BCUT2D eigenvalue weighted by atomic mass is 10.1. The Morgan fingerprint density at radius 1 is 1.20 bits per heavy atom. The van der Waals surface area contributed by atoms with Crippen molar-refractivity contribution in [2.75, 3.05) is 5.73 Å². The molecule has 0 radical (unpaired) electrons. The minimum atomic E-state index is -0.372. The number of hydrogen-bond acceptors (Lipinski definition) is 2. The first-order valence-electron chi connectivity index (χ1n) is 6.21. The Hall–Kier alpha value is -2.80. The smallest absolute Gasteiger partial charge is 0.151 e. The van der Waals surface area contributed by atoms with E-state index in [0.29, 0.717) is 17.7 Å². The molecule has 2 aromatic carbocycles. The summed E-state index contributed by atoms with van der Waals surface area (Å²) in [5.74, 6) is -0.372. The molecule has 0 spiro atoms. The molecule has 3 rings (SSSR count). The molecule has 0 aliphatic rings. The summed E-state index contributed by atoms with van der Waals surface area (Å²) in [6, 6.07) is 14.5. The quantitative estimate of drug-likeness (QED) is 0.723. The second-order valence-electron chi connectivity index (χ2n) is 4.65. The molecular weight excluding hydrogens is 253 g/mol. The van der Waals surface area contributed by atoms with E-state index >= 15 is 0 Å². The van der Waals surface area contributed by atoms with Crippen molar-refractivity contribution >= 4 is 16.6 Å². The Morgan fingerprint density at radius 3 is 2.85 bits per heavy atom. The maximum Gasteiger partial charge on any atom is 0.151 e. The number of hydrogen-bond donors (Lipinski definition) is 1. The molecule has 0 saturated carbocycles. The molecule has 1 aromatic heterocycles. The van der Waals surface area contributed by atoms with E-state index in [1.807, 2.05) is 29.0 Å². The highest BCUT2D eigenvalue weighted by Gasteiger charge is 2.08. The molecule has 20 heavy (non-hydrogen) atoms. The average molecular weight is 265 g/mol. The van der Waals surface area contributed by atoms with Crippen LogP contribution in [0.2, 0.25) is 0 Å². The maximum atomic E-state index is 13.9. The summed E-state index contributed by atoms with van der Waals surface area (Å²) in [5, 5.41) is 9.85. The molecule has 0 fully saturated rings. The van der Waals surface area contributed by atoms with E-state index in [0.717, 1.165) is 10.9 Å². The van der Waals surface area contributed by atoms with Gasteiger partial charge in [-0.3, -0.25) is 0 Å². The predicted octanol–water partition coefficient (Wildman–Crippen LogP) is 3.28. The standard InChI is InChI=1S/C16H12FN3/c17-16-13(2-1-3-14(16)19)10-20-7-6-12-8-11(9-18)4-5-15(12)20/h1-8H,10,19H2. The number of halogens is 1. The first-order valence-corrected chi connectivity index (χ1v) is 6.21. The van der Waals surface area contributed by atoms with E-state index in [1.54, 1.807) is 24.3 Å². The molecule has 0 saturated heterocycles. The fourth-order valence-electron chi connectivity index (χ4n) is 2.31. The number of fused-ring (bicyclic) bond motifs is 1. The van der Waals surface area contributed by atoms with Crippen molar-refractivity contribution in [2.24, 2.45) is 0 Å². The van der Waals surface area contributed by atoms with Crippen molar-refractivity contribution in [3.63, 3.8) is 0 Å². The lowest BCUT2D eigenvalue weighted by Crippen LogP contribution is -2.02. The van der Waals surface area contributed by atoms with E-state index in [2.05, 4.69) is 6.07 Å². The van der Waals surface area contributed by atoms with Crippen LogP contribution >= 0.6 is 0 Å². The highest BCUT2D eigenvalue weighted by Crippen LogP contribution is 2.21. The Balaban J connectivity index is 2.03. The van der Waals surface area contributed by atoms with Crippen molar-refractivity contribution < 1.29 is 4.39 Å². The fourth-order valence-corrected chi connectivity index (χ4v) is 2.31. The molecular formula is C16H12FN3. The topological polar surface area (TPSA) is 54.7 Å². The van der Waals surface area contributed by atoms with Crippen LogP contribution in [0, 0.1) is 17.1 Å². The molecule has 3 nitrogen and oxygen atoms in total. The molecule has 2 N–H and O–H groups in total. The largest absolute Gasteiger partial charge is 0.396 e. The highest BCUT2D eigenvalue weighted by atomic mass is 19.1. The number of nitrogens with two attached hydrogens (primary N) is 1. The third kappa shape index (κ3) is 1.99. The highest BCUT2D eigenvalue weighted by molar-refractivity contribution is 5.81. The maximum absolute atomic E-state index is 13.9. The summed E-state index contributed by atoms with van der Waals surface area (Å²) in [6.45, 7) is 0.409. The normalized spacial score (nSPS) is 10.6. The number of nitrogen functional groups attached to an aromatic ring is 1. The van der Waals surface area contributed by atoms with Gasteiger partial charge in [-0.15, -0.1) is 0 Å². The van der Waals surface area contributed by atoms with Gasteiger partial charge >= 0.3 is 0 Å². The predicted molar refractivity (Wildman–Crippen MR) is 76.6 cm³/mol. The van der Waals surface area contributed by atoms with Gasteiger partial charge in [0.15, 0.2) is 5.82 Å².